The van der Waals surface area contributed by atoms with Gasteiger partial charge < -0.3 is 10.0 Å². The lowest BCUT2D eigenvalue weighted by Crippen LogP contribution is -2.48. The fourth-order valence-corrected chi connectivity index (χ4v) is 2.13. The van der Waals surface area contributed by atoms with E-state index >= 15 is 0 Å². The van der Waals surface area contributed by atoms with Crippen LogP contribution in [0.4, 0.5) is 5.69 Å². The number of carbonyl (C=O) groups excluding carboxylic acids is 2. The zero-order chi connectivity index (χ0) is 13.3. The monoisotopic (exact) mass is 247 g/mol. The molecular formula is C13H13NO4. The van der Waals surface area contributed by atoms with E-state index < -0.39 is 23.6 Å². The SMILES string of the molecule is CCCN1C(=O)[C@@H](C(=O)O)C(=O)c2ccccc21. The Kier molecular flexibility index (Phi) is 3.14. The number of hydrogen-bond acceptors (Lipinski definition) is 3. The molecule has 0 saturated carbocycles. The minimum absolute atomic E-state index is 0.304. The molecule has 2 rings (SSSR count). The van der Waals surface area contributed by atoms with Crippen molar-refractivity contribution in [1.82, 2.24) is 0 Å². The quantitative estimate of drug-likeness (QED) is 0.817. The number of hydrogen-bond donors (Lipinski definition) is 1. The molecule has 0 aliphatic carbocycles. The van der Waals surface area contributed by atoms with Gasteiger partial charge in [0.1, 0.15) is 0 Å². The molecule has 0 radical (unpaired) electrons. The molecule has 1 aliphatic heterocycles. The summed E-state index contributed by atoms with van der Waals surface area (Å²) in [7, 11) is 0. The summed E-state index contributed by atoms with van der Waals surface area (Å²) >= 11 is 0. The van der Waals surface area contributed by atoms with Crippen LogP contribution in [0.5, 0.6) is 0 Å². The molecule has 0 saturated heterocycles. The third-order valence-corrected chi connectivity index (χ3v) is 2.93. The van der Waals surface area contributed by atoms with Gasteiger partial charge in [-0.3, -0.25) is 14.4 Å². The molecule has 0 fully saturated rings. The minimum Gasteiger partial charge on any atom is -0.480 e. The highest BCUT2D eigenvalue weighted by molar-refractivity contribution is 6.30. The van der Waals surface area contributed by atoms with E-state index in [1.54, 1.807) is 24.3 Å². The van der Waals surface area contributed by atoms with Gasteiger partial charge in [0.25, 0.3) is 0 Å². The van der Waals surface area contributed by atoms with Crippen LogP contribution in [0.2, 0.25) is 0 Å². The molecule has 1 aromatic carbocycles. The van der Waals surface area contributed by atoms with Gasteiger partial charge in [0.2, 0.25) is 5.91 Å². The van der Waals surface area contributed by atoms with Gasteiger partial charge in [-0.15, -0.1) is 0 Å². The standard InChI is InChI=1S/C13H13NO4/c1-2-7-14-9-6-4-3-5-8(9)11(15)10(12(14)16)13(17)18/h3-6,10H,2,7H2,1H3,(H,17,18)/t10-/m0/s1. The predicted molar refractivity (Wildman–Crippen MR) is 64.5 cm³/mol. The topological polar surface area (TPSA) is 74.7 Å². The van der Waals surface area contributed by atoms with Crippen molar-refractivity contribution in [3.8, 4) is 0 Å². The third kappa shape index (κ3) is 1.77. The predicted octanol–water partition coefficient (Wildman–Crippen LogP) is 1.33. The highest BCUT2D eigenvalue weighted by Crippen LogP contribution is 2.30. The van der Waals surface area contributed by atoms with Gasteiger partial charge in [0, 0.05) is 12.1 Å². The summed E-state index contributed by atoms with van der Waals surface area (Å²) in [5, 5.41) is 9.02. The lowest BCUT2D eigenvalue weighted by molar-refractivity contribution is -0.144. The Bertz CT molecular complexity index is 523. The maximum absolute atomic E-state index is 12.1. The normalized spacial score (nSPS) is 18.7. The molecule has 0 bridgehead atoms. The van der Waals surface area contributed by atoms with E-state index in [-0.39, 0.29) is 0 Å². The van der Waals surface area contributed by atoms with Crippen molar-refractivity contribution >= 4 is 23.3 Å². The van der Waals surface area contributed by atoms with Crippen LogP contribution in [-0.4, -0.2) is 29.3 Å². The summed E-state index contributed by atoms with van der Waals surface area (Å²) in [6.07, 6.45) is 0.695. The zero-order valence-electron chi connectivity index (χ0n) is 9.92. The smallest absolute Gasteiger partial charge is 0.324 e. The largest absolute Gasteiger partial charge is 0.480 e. The summed E-state index contributed by atoms with van der Waals surface area (Å²) in [5.41, 5.74) is 0.810. The molecule has 1 N–H and O–H groups in total. The van der Waals surface area contributed by atoms with Gasteiger partial charge >= 0.3 is 5.97 Å². The second-order valence-electron chi connectivity index (χ2n) is 4.14. The number of amides is 1. The number of ketones is 1. The summed E-state index contributed by atoms with van der Waals surface area (Å²) in [6.45, 7) is 2.30. The zero-order valence-corrected chi connectivity index (χ0v) is 9.92. The Morgan fingerprint density at radius 3 is 2.61 bits per heavy atom. The van der Waals surface area contributed by atoms with Crippen LogP contribution < -0.4 is 4.90 Å². The van der Waals surface area contributed by atoms with E-state index in [2.05, 4.69) is 0 Å². The van der Waals surface area contributed by atoms with Gasteiger partial charge in [-0.2, -0.15) is 0 Å². The number of carboxylic acid groups (broad SMARTS) is 1. The lowest BCUT2D eigenvalue weighted by Gasteiger charge is -2.31. The number of nitrogens with zero attached hydrogens (tertiary/aromatic N) is 1. The van der Waals surface area contributed by atoms with Crippen LogP contribution in [-0.2, 0) is 9.59 Å². The molecule has 1 amide bonds. The summed E-state index contributed by atoms with van der Waals surface area (Å²) in [5.74, 6) is -4.27. The molecular weight excluding hydrogens is 234 g/mol. The number of Topliss-reactive ketones (excluding diaryl/α,β-unsaturated/α-hetero) is 1. The van der Waals surface area contributed by atoms with Crippen molar-refractivity contribution in [2.45, 2.75) is 13.3 Å². The maximum Gasteiger partial charge on any atom is 0.324 e. The Labute approximate surface area is 104 Å². The molecule has 0 aromatic heterocycles. The van der Waals surface area contributed by atoms with Crippen molar-refractivity contribution in [3.05, 3.63) is 29.8 Å². The van der Waals surface area contributed by atoms with Crippen molar-refractivity contribution < 1.29 is 19.5 Å². The first-order valence-electron chi connectivity index (χ1n) is 5.75. The third-order valence-electron chi connectivity index (χ3n) is 2.93. The molecule has 1 aromatic rings. The highest BCUT2D eigenvalue weighted by atomic mass is 16.4. The Balaban J connectivity index is 2.56. The number of aliphatic carboxylic acids is 1. The second kappa shape index (κ2) is 4.60. The molecule has 1 aliphatic rings. The molecule has 18 heavy (non-hydrogen) atoms. The molecule has 5 heteroatoms. The van der Waals surface area contributed by atoms with E-state index in [0.717, 1.165) is 0 Å². The van der Waals surface area contributed by atoms with Crippen LogP contribution in [0, 0.1) is 5.92 Å². The van der Waals surface area contributed by atoms with Gasteiger partial charge in [-0.1, -0.05) is 19.1 Å². The number of anilines is 1. The summed E-state index contributed by atoms with van der Waals surface area (Å²) in [4.78, 5) is 36.5. The van der Waals surface area contributed by atoms with Gasteiger partial charge in [-0.25, -0.2) is 0 Å². The Hall–Kier alpha value is -2.17. The number of para-hydroxylation sites is 1. The number of carboxylic acids is 1. The maximum atomic E-state index is 12.1. The average molecular weight is 247 g/mol. The number of fused-ring (bicyclic) bond motifs is 1. The highest BCUT2D eigenvalue weighted by Gasteiger charge is 2.43. The fraction of sp³-hybridized carbons (Fsp3) is 0.308. The fourth-order valence-electron chi connectivity index (χ4n) is 2.13. The summed E-state index contributed by atoms with van der Waals surface area (Å²) in [6, 6.07) is 6.61. The average Bonchev–Trinajstić information content (AvgIpc) is 2.34. The van der Waals surface area contributed by atoms with Crippen LogP contribution >= 0.6 is 0 Å². The van der Waals surface area contributed by atoms with Gasteiger partial charge in [-0.05, 0) is 18.6 Å². The Morgan fingerprint density at radius 1 is 1.33 bits per heavy atom. The van der Waals surface area contributed by atoms with Crippen LogP contribution in [0.15, 0.2) is 24.3 Å². The van der Waals surface area contributed by atoms with Crippen LogP contribution in [0.1, 0.15) is 23.7 Å². The van der Waals surface area contributed by atoms with E-state index in [1.807, 2.05) is 6.92 Å². The first-order valence-corrected chi connectivity index (χ1v) is 5.75. The molecule has 94 valence electrons. The molecule has 0 unspecified atom stereocenters. The molecule has 1 atom stereocenters. The van der Waals surface area contributed by atoms with Crippen molar-refractivity contribution in [2.24, 2.45) is 5.92 Å². The van der Waals surface area contributed by atoms with E-state index in [9.17, 15) is 14.4 Å². The Morgan fingerprint density at radius 2 is 2.00 bits per heavy atom. The second-order valence-corrected chi connectivity index (χ2v) is 4.14. The minimum atomic E-state index is -1.61. The number of carbonyl (C=O) groups is 3. The first-order chi connectivity index (χ1) is 8.57. The number of benzene rings is 1. The molecule has 0 spiro atoms. The van der Waals surface area contributed by atoms with Gasteiger partial charge in [0.05, 0.1) is 5.69 Å². The van der Waals surface area contributed by atoms with Crippen LogP contribution in [0.25, 0.3) is 0 Å². The van der Waals surface area contributed by atoms with E-state index in [4.69, 9.17) is 5.11 Å². The molecule has 1 heterocycles. The van der Waals surface area contributed by atoms with E-state index in [1.165, 1.54) is 4.90 Å². The lowest BCUT2D eigenvalue weighted by atomic mass is 9.90. The van der Waals surface area contributed by atoms with Crippen molar-refractivity contribution in [3.63, 3.8) is 0 Å². The van der Waals surface area contributed by atoms with E-state index in [0.29, 0.717) is 24.2 Å². The van der Waals surface area contributed by atoms with Gasteiger partial charge in [0.15, 0.2) is 11.7 Å². The van der Waals surface area contributed by atoms with Crippen molar-refractivity contribution in [1.29, 1.82) is 0 Å². The van der Waals surface area contributed by atoms with Crippen molar-refractivity contribution in [2.75, 3.05) is 11.4 Å². The molecule has 5 nitrogen and oxygen atoms in total. The summed E-state index contributed by atoms with van der Waals surface area (Å²) < 4.78 is 0. The number of rotatable bonds is 3. The van der Waals surface area contributed by atoms with Crippen LogP contribution in [0.3, 0.4) is 0 Å². The first kappa shape index (κ1) is 12.3.